The van der Waals surface area contributed by atoms with Crippen molar-refractivity contribution in [3.05, 3.63) is 24.3 Å². The summed E-state index contributed by atoms with van der Waals surface area (Å²) >= 11 is 0. The molecule has 0 aromatic heterocycles. The van der Waals surface area contributed by atoms with Gasteiger partial charge in [-0.2, -0.15) is 0 Å². The van der Waals surface area contributed by atoms with Crippen LogP contribution in [0.1, 0.15) is 26.7 Å². The molecule has 18 heavy (non-hydrogen) atoms. The van der Waals surface area contributed by atoms with Crippen molar-refractivity contribution in [2.24, 2.45) is 11.7 Å². The quantitative estimate of drug-likeness (QED) is 0.771. The molecule has 0 saturated carbocycles. The Kier molecular flexibility index (Phi) is 6.58. The molecule has 0 fully saturated rings. The van der Waals surface area contributed by atoms with Gasteiger partial charge in [0.2, 0.25) is 0 Å². The Morgan fingerprint density at radius 2 is 2.06 bits per heavy atom. The molecule has 0 radical (unpaired) electrons. The van der Waals surface area contributed by atoms with Gasteiger partial charge in [0.05, 0.1) is 7.11 Å². The van der Waals surface area contributed by atoms with Crippen molar-refractivity contribution in [3.8, 4) is 5.75 Å². The number of hydrogen-bond donors (Lipinski definition) is 1. The first kappa shape index (κ1) is 14.8. The molecule has 0 amide bonds. The highest BCUT2D eigenvalue weighted by atomic mass is 16.5. The zero-order valence-corrected chi connectivity index (χ0v) is 11.9. The molecular weight excluding hydrogens is 224 g/mol. The molecule has 0 bridgehead atoms. The van der Waals surface area contributed by atoms with E-state index in [1.165, 1.54) is 12.1 Å². The average molecular weight is 250 g/mol. The first-order valence-corrected chi connectivity index (χ1v) is 6.76. The van der Waals surface area contributed by atoms with Gasteiger partial charge in [-0.15, -0.1) is 0 Å². The Morgan fingerprint density at radius 3 is 2.67 bits per heavy atom. The van der Waals surface area contributed by atoms with Gasteiger partial charge in [-0.05, 0) is 37.4 Å². The van der Waals surface area contributed by atoms with E-state index in [9.17, 15) is 0 Å². The van der Waals surface area contributed by atoms with Crippen LogP contribution in [0.2, 0.25) is 0 Å². The molecule has 0 atom stereocenters. The summed E-state index contributed by atoms with van der Waals surface area (Å²) in [5.74, 6) is 1.63. The van der Waals surface area contributed by atoms with Crippen molar-refractivity contribution < 1.29 is 4.74 Å². The van der Waals surface area contributed by atoms with Crippen LogP contribution in [0.15, 0.2) is 24.3 Å². The van der Waals surface area contributed by atoms with Crippen molar-refractivity contribution in [2.75, 3.05) is 31.6 Å². The van der Waals surface area contributed by atoms with Crippen molar-refractivity contribution in [3.63, 3.8) is 0 Å². The van der Waals surface area contributed by atoms with Gasteiger partial charge in [-0.1, -0.05) is 19.9 Å². The van der Waals surface area contributed by atoms with Gasteiger partial charge in [-0.3, -0.25) is 0 Å². The number of hydrogen-bond acceptors (Lipinski definition) is 3. The topological polar surface area (TPSA) is 38.5 Å². The largest absolute Gasteiger partial charge is 0.497 e. The van der Waals surface area contributed by atoms with Crippen LogP contribution < -0.4 is 15.4 Å². The Hall–Kier alpha value is -1.22. The van der Waals surface area contributed by atoms with E-state index in [1.807, 2.05) is 12.1 Å². The lowest BCUT2D eigenvalue weighted by Gasteiger charge is -2.26. The van der Waals surface area contributed by atoms with Gasteiger partial charge in [0.1, 0.15) is 5.75 Å². The fourth-order valence-electron chi connectivity index (χ4n) is 1.87. The first-order chi connectivity index (χ1) is 8.67. The summed E-state index contributed by atoms with van der Waals surface area (Å²) in [7, 11) is 1.71. The Morgan fingerprint density at radius 1 is 1.28 bits per heavy atom. The summed E-state index contributed by atoms with van der Waals surface area (Å²) in [6, 6.07) is 8.25. The van der Waals surface area contributed by atoms with Crippen molar-refractivity contribution in [1.82, 2.24) is 0 Å². The van der Waals surface area contributed by atoms with Crippen LogP contribution in [0, 0.1) is 5.92 Å². The van der Waals surface area contributed by atoms with Crippen LogP contribution in [0.4, 0.5) is 5.69 Å². The minimum atomic E-state index is 0.719. The second-order valence-electron chi connectivity index (χ2n) is 5.01. The third-order valence-electron chi connectivity index (χ3n) is 3.03. The molecule has 0 spiro atoms. The zero-order valence-electron chi connectivity index (χ0n) is 11.9. The van der Waals surface area contributed by atoms with Gasteiger partial charge in [0, 0.05) is 24.8 Å². The molecule has 0 unspecified atom stereocenters. The SMILES string of the molecule is COc1cccc(N(CCCN)CCC(C)C)c1. The predicted octanol–water partition coefficient (Wildman–Crippen LogP) is 2.90. The molecule has 0 aliphatic carbocycles. The lowest BCUT2D eigenvalue weighted by Crippen LogP contribution is -2.28. The van der Waals surface area contributed by atoms with Gasteiger partial charge in [0.15, 0.2) is 0 Å². The molecule has 1 rings (SSSR count). The maximum atomic E-state index is 5.62. The van der Waals surface area contributed by atoms with E-state index in [1.54, 1.807) is 7.11 Å². The second-order valence-corrected chi connectivity index (χ2v) is 5.01. The summed E-state index contributed by atoms with van der Waals surface area (Å²) in [6.45, 7) is 7.34. The van der Waals surface area contributed by atoms with E-state index in [0.29, 0.717) is 0 Å². The Labute approximate surface area is 111 Å². The van der Waals surface area contributed by atoms with E-state index in [2.05, 4.69) is 30.9 Å². The van der Waals surface area contributed by atoms with E-state index in [4.69, 9.17) is 10.5 Å². The smallest absolute Gasteiger partial charge is 0.120 e. The van der Waals surface area contributed by atoms with Crippen molar-refractivity contribution in [1.29, 1.82) is 0 Å². The first-order valence-electron chi connectivity index (χ1n) is 6.76. The summed E-state index contributed by atoms with van der Waals surface area (Å²) in [5, 5.41) is 0. The molecule has 0 aliphatic heterocycles. The standard InChI is InChI=1S/C15H26N2O/c1-13(2)8-11-17(10-5-9-16)14-6-4-7-15(12-14)18-3/h4,6-7,12-13H,5,8-11,16H2,1-3H3. The van der Waals surface area contributed by atoms with Crippen LogP contribution in [0.3, 0.4) is 0 Å². The highest BCUT2D eigenvalue weighted by Gasteiger charge is 2.08. The highest BCUT2D eigenvalue weighted by molar-refractivity contribution is 5.50. The number of nitrogens with two attached hydrogens (primary N) is 1. The second kappa shape index (κ2) is 7.98. The molecule has 1 aromatic rings. The molecule has 3 heteroatoms. The molecular formula is C15H26N2O. The third kappa shape index (κ3) is 4.96. The van der Waals surface area contributed by atoms with E-state index in [0.717, 1.165) is 37.7 Å². The van der Waals surface area contributed by atoms with Crippen LogP contribution >= 0.6 is 0 Å². The molecule has 0 heterocycles. The van der Waals surface area contributed by atoms with Crippen LogP contribution in [0.25, 0.3) is 0 Å². The third-order valence-corrected chi connectivity index (χ3v) is 3.03. The fourth-order valence-corrected chi connectivity index (χ4v) is 1.87. The lowest BCUT2D eigenvalue weighted by molar-refractivity contribution is 0.414. The average Bonchev–Trinajstić information content (AvgIpc) is 2.38. The lowest BCUT2D eigenvalue weighted by atomic mass is 10.1. The van der Waals surface area contributed by atoms with Gasteiger partial charge >= 0.3 is 0 Å². The van der Waals surface area contributed by atoms with E-state index < -0.39 is 0 Å². The zero-order chi connectivity index (χ0) is 13.4. The van der Waals surface area contributed by atoms with Crippen LogP contribution in [-0.2, 0) is 0 Å². The maximum Gasteiger partial charge on any atom is 0.120 e. The van der Waals surface area contributed by atoms with E-state index in [-0.39, 0.29) is 0 Å². The molecule has 3 nitrogen and oxygen atoms in total. The van der Waals surface area contributed by atoms with Gasteiger partial charge in [0.25, 0.3) is 0 Å². The number of rotatable bonds is 8. The summed E-state index contributed by atoms with van der Waals surface area (Å²) in [5.41, 5.74) is 6.84. The fraction of sp³-hybridized carbons (Fsp3) is 0.600. The normalized spacial score (nSPS) is 10.7. The summed E-state index contributed by atoms with van der Waals surface area (Å²) in [6.07, 6.45) is 2.22. The minimum absolute atomic E-state index is 0.719. The Bertz CT molecular complexity index is 339. The maximum absolute atomic E-state index is 5.62. The minimum Gasteiger partial charge on any atom is -0.497 e. The number of benzene rings is 1. The molecule has 0 saturated heterocycles. The van der Waals surface area contributed by atoms with Gasteiger partial charge in [-0.25, -0.2) is 0 Å². The van der Waals surface area contributed by atoms with Crippen molar-refractivity contribution >= 4 is 5.69 Å². The molecule has 2 N–H and O–H groups in total. The number of ether oxygens (including phenoxy) is 1. The summed E-state index contributed by atoms with van der Waals surface area (Å²) in [4.78, 5) is 2.40. The molecule has 0 aliphatic rings. The number of anilines is 1. The van der Waals surface area contributed by atoms with Crippen molar-refractivity contribution in [2.45, 2.75) is 26.7 Å². The van der Waals surface area contributed by atoms with Gasteiger partial charge < -0.3 is 15.4 Å². The monoisotopic (exact) mass is 250 g/mol. The van der Waals surface area contributed by atoms with Crippen LogP contribution in [0.5, 0.6) is 5.75 Å². The number of nitrogens with zero attached hydrogens (tertiary/aromatic N) is 1. The van der Waals surface area contributed by atoms with Crippen LogP contribution in [-0.4, -0.2) is 26.7 Å². The highest BCUT2D eigenvalue weighted by Crippen LogP contribution is 2.21. The van der Waals surface area contributed by atoms with E-state index >= 15 is 0 Å². The molecule has 102 valence electrons. The summed E-state index contributed by atoms with van der Waals surface area (Å²) < 4.78 is 5.28. The number of methoxy groups -OCH3 is 1. The molecule has 1 aromatic carbocycles. The predicted molar refractivity (Wildman–Crippen MR) is 78.3 cm³/mol. The Balaban J connectivity index is 2.72.